The minimum Gasteiger partial charge on any atom is -0.497 e. The summed E-state index contributed by atoms with van der Waals surface area (Å²) in [5, 5.41) is 13.3. The summed E-state index contributed by atoms with van der Waals surface area (Å²) in [5.41, 5.74) is 2.28. The molecule has 27 heavy (non-hydrogen) atoms. The molecule has 2 rings (SSSR count). The van der Waals surface area contributed by atoms with Crippen LogP contribution in [0.4, 0.5) is 0 Å². The Bertz CT molecular complexity index is 700. The maximum Gasteiger partial charge on any atom is 0.119 e. The van der Waals surface area contributed by atoms with E-state index >= 15 is 0 Å². The van der Waals surface area contributed by atoms with Crippen LogP contribution < -0.4 is 14.8 Å². The quantitative estimate of drug-likeness (QED) is 0.732. The zero-order valence-corrected chi connectivity index (χ0v) is 17.4. The molecule has 1 atom stereocenters. The lowest BCUT2D eigenvalue weighted by Gasteiger charge is -2.26. The molecule has 0 bridgehead atoms. The molecular weight excluding hydrogens is 338 g/mol. The van der Waals surface area contributed by atoms with Crippen LogP contribution >= 0.6 is 0 Å². The highest BCUT2D eigenvalue weighted by molar-refractivity contribution is 5.41. The number of methoxy groups -OCH3 is 1. The second kappa shape index (κ2) is 8.77. The van der Waals surface area contributed by atoms with Gasteiger partial charge in [-0.2, -0.15) is 0 Å². The fourth-order valence-electron chi connectivity index (χ4n) is 2.82. The van der Waals surface area contributed by atoms with E-state index < -0.39 is 6.10 Å². The van der Waals surface area contributed by atoms with E-state index in [4.69, 9.17) is 9.47 Å². The lowest BCUT2D eigenvalue weighted by Crippen LogP contribution is -2.42. The number of aliphatic hydroxyl groups is 1. The Labute approximate surface area is 163 Å². The van der Waals surface area contributed by atoms with Crippen LogP contribution in [0.2, 0.25) is 0 Å². The van der Waals surface area contributed by atoms with Crippen LogP contribution in [-0.4, -0.2) is 37.0 Å². The number of nitrogens with one attached hydrogen (secondary N) is 1. The predicted molar refractivity (Wildman–Crippen MR) is 111 cm³/mol. The van der Waals surface area contributed by atoms with Crippen LogP contribution in [0.3, 0.4) is 0 Å². The van der Waals surface area contributed by atoms with Gasteiger partial charge in [0.15, 0.2) is 0 Å². The summed E-state index contributed by atoms with van der Waals surface area (Å²) in [6, 6.07) is 16.3. The van der Waals surface area contributed by atoms with Crippen LogP contribution in [0, 0.1) is 0 Å². The summed E-state index contributed by atoms with van der Waals surface area (Å²) in [4.78, 5) is 0. The number of benzene rings is 2. The Morgan fingerprint density at radius 2 is 1.33 bits per heavy atom. The fourth-order valence-corrected chi connectivity index (χ4v) is 2.82. The number of β-amino-alcohol motifs (C(OH)–C–C–N with tert-alkyl or cyclic N) is 1. The molecule has 0 saturated heterocycles. The maximum absolute atomic E-state index is 10.1. The molecule has 0 fully saturated rings. The molecule has 0 heterocycles. The summed E-state index contributed by atoms with van der Waals surface area (Å²) in [5.74, 6) is 1.62. The van der Waals surface area contributed by atoms with Crippen molar-refractivity contribution in [2.75, 3.05) is 20.3 Å². The number of rotatable bonds is 8. The molecule has 1 unspecified atom stereocenters. The van der Waals surface area contributed by atoms with Gasteiger partial charge < -0.3 is 19.9 Å². The molecular formula is C23H33NO3. The molecule has 0 saturated carbocycles. The maximum atomic E-state index is 10.1. The highest BCUT2D eigenvalue weighted by Gasteiger charge is 2.23. The zero-order chi connectivity index (χ0) is 20.1. The summed E-state index contributed by atoms with van der Waals surface area (Å²) < 4.78 is 11.0. The second-order valence-electron chi connectivity index (χ2n) is 8.47. The first-order valence-corrected chi connectivity index (χ1v) is 9.43. The first-order chi connectivity index (χ1) is 12.6. The zero-order valence-electron chi connectivity index (χ0n) is 17.4. The van der Waals surface area contributed by atoms with Crippen molar-refractivity contribution >= 4 is 0 Å². The minimum absolute atomic E-state index is 0.0182. The Morgan fingerprint density at radius 1 is 0.852 bits per heavy atom. The van der Waals surface area contributed by atoms with Gasteiger partial charge in [-0.25, -0.2) is 0 Å². The molecule has 0 aliphatic carbocycles. The normalized spacial score (nSPS) is 13.3. The van der Waals surface area contributed by atoms with Crippen molar-refractivity contribution in [1.82, 2.24) is 5.32 Å². The molecule has 0 aromatic heterocycles. The van der Waals surface area contributed by atoms with Gasteiger partial charge >= 0.3 is 0 Å². The summed E-state index contributed by atoms with van der Waals surface area (Å²) >= 11 is 0. The van der Waals surface area contributed by atoms with E-state index in [2.05, 4.69) is 64.2 Å². The third-order valence-corrected chi connectivity index (χ3v) is 4.70. The van der Waals surface area contributed by atoms with E-state index in [0.717, 1.165) is 11.5 Å². The molecule has 2 aromatic carbocycles. The van der Waals surface area contributed by atoms with Crippen molar-refractivity contribution in [2.24, 2.45) is 0 Å². The summed E-state index contributed by atoms with van der Waals surface area (Å²) in [7, 11) is 1.68. The first kappa shape index (κ1) is 21.3. The van der Waals surface area contributed by atoms with Crippen molar-refractivity contribution < 1.29 is 14.6 Å². The van der Waals surface area contributed by atoms with Gasteiger partial charge in [0, 0.05) is 17.5 Å². The van der Waals surface area contributed by atoms with Crippen LogP contribution in [0.1, 0.15) is 45.7 Å². The average molecular weight is 372 g/mol. The van der Waals surface area contributed by atoms with Crippen molar-refractivity contribution in [3.05, 3.63) is 59.7 Å². The van der Waals surface area contributed by atoms with Crippen LogP contribution in [0.15, 0.2) is 48.5 Å². The van der Waals surface area contributed by atoms with Gasteiger partial charge in [0.25, 0.3) is 0 Å². The standard InChI is InChI=1S/C23H33NO3/c1-22(2,3)24-15-19(25)16-27-21-13-9-18(10-14-21)23(4,5)17-7-11-20(26-6)12-8-17/h7-14,19,24-25H,15-16H2,1-6H3. The predicted octanol–water partition coefficient (Wildman–Crippen LogP) is 4.15. The molecule has 0 aliphatic rings. The molecule has 0 aliphatic heterocycles. The smallest absolute Gasteiger partial charge is 0.119 e. The lowest BCUT2D eigenvalue weighted by atomic mass is 9.78. The molecule has 148 valence electrons. The van der Waals surface area contributed by atoms with Gasteiger partial charge in [-0.3, -0.25) is 0 Å². The Hall–Kier alpha value is -2.04. The van der Waals surface area contributed by atoms with E-state index in [0.29, 0.717) is 6.54 Å². The molecule has 2 aromatic rings. The molecule has 0 radical (unpaired) electrons. The topological polar surface area (TPSA) is 50.7 Å². The van der Waals surface area contributed by atoms with Gasteiger partial charge in [0.2, 0.25) is 0 Å². The van der Waals surface area contributed by atoms with Crippen molar-refractivity contribution in [1.29, 1.82) is 0 Å². The van der Waals surface area contributed by atoms with Crippen molar-refractivity contribution in [2.45, 2.75) is 51.7 Å². The van der Waals surface area contributed by atoms with Crippen LogP contribution in [0.25, 0.3) is 0 Å². The SMILES string of the molecule is COc1ccc(C(C)(C)c2ccc(OCC(O)CNC(C)(C)C)cc2)cc1. The third kappa shape index (κ3) is 6.26. The van der Waals surface area contributed by atoms with Crippen molar-refractivity contribution in [3.63, 3.8) is 0 Å². The van der Waals surface area contributed by atoms with E-state index in [1.807, 2.05) is 24.3 Å². The summed E-state index contributed by atoms with van der Waals surface area (Å²) in [6.07, 6.45) is -0.542. The fraction of sp³-hybridized carbons (Fsp3) is 0.478. The number of hydrogen-bond acceptors (Lipinski definition) is 4. The van der Waals surface area contributed by atoms with E-state index in [-0.39, 0.29) is 17.6 Å². The number of hydrogen-bond donors (Lipinski definition) is 2. The Balaban J connectivity index is 1.97. The van der Waals surface area contributed by atoms with Gasteiger partial charge in [-0.1, -0.05) is 38.1 Å². The van der Waals surface area contributed by atoms with Crippen LogP contribution in [0.5, 0.6) is 11.5 Å². The van der Waals surface area contributed by atoms with Crippen molar-refractivity contribution in [3.8, 4) is 11.5 Å². The van der Waals surface area contributed by atoms with Gasteiger partial charge in [0.05, 0.1) is 7.11 Å². The summed E-state index contributed by atoms with van der Waals surface area (Å²) in [6.45, 7) is 11.4. The van der Waals surface area contributed by atoms with E-state index in [9.17, 15) is 5.11 Å². The Kier molecular flexibility index (Phi) is 6.90. The highest BCUT2D eigenvalue weighted by atomic mass is 16.5. The molecule has 2 N–H and O–H groups in total. The Morgan fingerprint density at radius 3 is 1.78 bits per heavy atom. The van der Waals surface area contributed by atoms with E-state index in [1.54, 1.807) is 7.11 Å². The third-order valence-electron chi connectivity index (χ3n) is 4.70. The minimum atomic E-state index is -0.542. The largest absolute Gasteiger partial charge is 0.497 e. The molecule has 0 amide bonds. The second-order valence-corrected chi connectivity index (χ2v) is 8.47. The van der Waals surface area contributed by atoms with E-state index in [1.165, 1.54) is 11.1 Å². The monoisotopic (exact) mass is 371 g/mol. The first-order valence-electron chi connectivity index (χ1n) is 9.43. The lowest BCUT2D eigenvalue weighted by molar-refractivity contribution is 0.100. The van der Waals surface area contributed by atoms with Gasteiger partial charge in [-0.15, -0.1) is 0 Å². The highest BCUT2D eigenvalue weighted by Crippen LogP contribution is 2.33. The van der Waals surface area contributed by atoms with Crippen LogP contribution in [-0.2, 0) is 5.41 Å². The molecule has 4 heteroatoms. The average Bonchev–Trinajstić information content (AvgIpc) is 2.64. The molecule has 0 spiro atoms. The molecule has 4 nitrogen and oxygen atoms in total. The van der Waals surface area contributed by atoms with Gasteiger partial charge in [-0.05, 0) is 56.2 Å². The number of ether oxygens (including phenoxy) is 2. The van der Waals surface area contributed by atoms with Gasteiger partial charge in [0.1, 0.15) is 24.2 Å². The number of aliphatic hydroxyl groups excluding tert-OH is 1.